The summed E-state index contributed by atoms with van der Waals surface area (Å²) in [5, 5.41) is 0. The summed E-state index contributed by atoms with van der Waals surface area (Å²) in [7, 11) is 0. The van der Waals surface area contributed by atoms with Crippen molar-refractivity contribution in [3.05, 3.63) is 11.7 Å². The van der Waals surface area contributed by atoms with Crippen molar-refractivity contribution in [2.75, 3.05) is 13.1 Å². The van der Waals surface area contributed by atoms with E-state index in [2.05, 4.69) is 25.7 Å². The fourth-order valence-corrected chi connectivity index (χ4v) is 3.54. The van der Waals surface area contributed by atoms with Gasteiger partial charge in [-0.15, -0.1) is 0 Å². The average Bonchev–Trinajstić information content (AvgIpc) is 2.56. The molecule has 2 aliphatic heterocycles. The molecule has 0 aliphatic carbocycles. The molecule has 2 fully saturated rings. The van der Waals surface area contributed by atoms with Crippen LogP contribution in [0.1, 0.15) is 46.5 Å². The Balaban J connectivity index is 2.35. The first-order valence-corrected chi connectivity index (χ1v) is 6.15. The molecule has 0 N–H and O–H groups in total. The largest absolute Gasteiger partial charge is 0.293 e. The first-order valence-electron chi connectivity index (χ1n) is 6.15. The van der Waals surface area contributed by atoms with E-state index in [9.17, 15) is 8.78 Å². The van der Waals surface area contributed by atoms with Crippen molar-refractivity contribution in [1.82, 2.24) is 4.90 Å². The SMILES string of the molecule is CC(C)(C)CC12CCCN1CCC2=C(F)F. The van der Waals surface area contributed by atoms with Crippen LogP contribution in [0.25, 0.3) is 0 Å². The molecule has 0 saturated carbocycles. The van der Waals surface area contributed by atoms with Gasteiger partial charge in [-0.2, -0.15) is 8.78 Å². The van der Waals surface area contributed by atoms with E-state index in [1.807, 2.05) is 0 Å². The van der Waals surface area contributed by atoms with E-state index in [-0.39, 0.29) is 11.0 Å². The van der Waals surface area contributed by atoms with E-state index in [1.54, 1.807) is 0 Å². The summed E-state index contributed by atoms with van der Waals surface area (Å²) in [4.78, 5) is 2.28. The van der Waals surface area contributed by atoms with Crippen molar-refractivity contribution in [3.63, 3.8) is 0 Å². The second-order valence-corrected chi connectivity index (χ2v) is 6.35. The molecule has 0 radical (unpaired) electrons. The molecule has 2 aliphatic rings. The number of halogens is 2. The van der Waals surface area contributed by atoms with Gasteiger partial charge in [0, 0.05) is 17.7 Å². The molecule has 2 rings (SSSR count). The van der Waals surface area contributed by atoms with E-state index in [0.29, 0.717) is 12.0 Å². The Bertz CT molecular complexity index is 312. The van der Waals surface area contributed by atoms with Gasteiger partial charge in [-0.1, -0.05) is 20.8 Å². The van der Waals surface area contributed by atoms with Crippen molar-refractivity contribution in [2.45, 2.75) is 52.0 Å². The number of rotatable bonds is 1. The van der Waals surface area contributed by atoms with E-state index in [1.165, 1.54) is 0 Å². The van der Waals surface area contributed by atoms with Crippen LogP contribution < -0.4 is 0 Å². The molecule has 16 heavy (non-hydrogen) atoms. The molecule has 0 spiro atoms. The molecule has 1 nitrogen and oxygen atoms in total. The highest BCUT2D eigenvalue weighted by Crippen LogP contribution is 2.50. The summed E-state index contributed by atoms with van der Waals surface area (Å²) in [6, 6.07) is 0. The lowest BCUT2D eigenvalue weighted by Crippen LogP contribution is -2.42. The molecule has 92 valence electrons. The highest BCUT2D eigenvalue weighted by molar-refractivity contribution is 5.29. The summed E-state index contributed by atoms with van der Waals surface area (Å²) in [5.74, 6) is 0. The van der Waals surface area contributed by atoms with Gasteiger partial charge in [0.1, 0.15) is 0 Å². The van der Waals surface area contributed by atoms with Crippen LogP contribution in [0.15, 0.2) is 11.7 Å². The Hall–Kier alpha value is -0.440. The maximum atomic E-state index is 13.1. The summed E-state index contributed by atoms with van der Waals surface area (Å²) in [5.41, 5.74) is 0.227. The third kappa shape index (κ3) is 1.90. The molecule has 0 aromatic carbocycles. The van der Waals surface area contributed by atoms with Crippen molar-refractivity contribution in [3.8, 4) is 0 Å². The third-order valence-corrected chi connectivity index (χ3v) is 3.87. The maximum Gasteiger partial charge on any atom is 0.271 e. The molecule has 2 heterocycles. The van der Waals surface area contributed by atoms with Gasteiger partial charge in [0.2, 0.25) is 0 Å². The fourth-order valence-electron chi connectivity index (χ4n) is 3.54. The zero-order valence-corrected chi connectivity index (χ0v) is 10.4. The molecule has 1 atom stereocenters. The number of hydrogen-bond donors (Lipinski definition) is 0. The molecule has 0 bridgehead atoms. The molecule has 0 aromatic heterocycles. The highest BCUT2D eigenvalue weighted by atomic mass is 19.3. The van der Waals surface area contributed by atoms with E-state index in [4.69, 9.17) is 0 Å². The van der Waals surface area contributed by atoms with Gasteiger partial charge in [-0.3, -0.25) is 4.90 Å². The standard InChI is InChI=1S/C13H21F2N/c1-12(2,3)9-13-6-4-7-16(13)8-5-10(13)11(14)15/h4-9H2,1-3H3. The lowest BCUT2D eigenvalue weighted by Gasteiger charge is -2.38. The Morgan fingerprint density at radius 3 is 2.56 bits per heavy atom. The van der Waals surface area contributed by atoms with Gasteiger partial charge in [0.05, 0.1) is 0 Å². The van der Waals surface area contributed by atoms with Crippen LogP contribution >= 0.6 is 0 Å². The smallest absolute Gasteiger partial charge is 0.271 e. The van der Waals surface area contributed by atoms with Crippen LogP contribution in [0.5, 0.6) is 0 Å². The zero-order valence-electron chi connectivity index (χ0n) is 10.4. The number of nitrogens with zero attached hydrogens (tertiary/aromatic N) is 1. The Labute approximate surface area is 96.5 Å². The molecule has 3 heteroatoms. The van der Waals surface area contributed by atoms with Crippen molar-refractivity contribution in [2.24, 2.45) is 5.41 Å². The Kier molecular flexibility index (Phi) is 2.85. The van der Waals surface area contributed by atoms with Crippen LogP contribution in [0.4, 0.5) is 8.78 Å². The summed E-state index contributed by atoms with van der Waals surface area (Å²) in [6.07, 6.45) is 1.98. The van der Waals surface area contributed by atoms with Gasteiger partial charge in [0.15, 0.2) is 0 Å². The minimum absolute atomic E-state index is 0.105. The first-order chi connectivity index (χ1) is 7.35. The highest BCUT2D eigenvalue weighted by Gasteiger charge is 2.51. The molecule has 0 amide bonds. The summed E-state index contributed by atoms with van der Waals surface area (Å²) >= 11 is 0. The quantitative estimate of drug-likeness (QED) is 0.661. The Morgan fingerprint density at radius 1 is 1.31 bits per heavy atom. The summed E-state index contributed by atoms with van der Waals surface area (Å²) in [6.45, 7) is 8.24. The van der Waals surface area contributed by atoms with Gasteiger partial charge in [-0.25, -0.2) is 0 Å². The van der Waals surface area contributed by atoms with E-state index >= 15 is 0 Å². The number of fused-ring (bicyclic) bond motifs is 1. The average molecular weight is 229 g/mol. The summed E-state index contributed by atoms with van der Waals surface area (Å²) < 4.78 is 26.1. The van der Waals surface area contributed by atoms with E-state index < -0.39 is 6.08 Å². The topological polar surface area (TPSA) is 3.24 Å². The molecule has 1 unspecified atom stereocenters. The third-order valence-electron chi connectivity index (χ3n) is 3.87. The van der Waals surface area contributed by atoms with Crippen LogP contribution in [0.2, 0.25) is 0 Å². The van der Waals surface area contributed by atoms with Crippen LogP contribution in [0.3, 0.4) is 0 Å². The molecule has 2 saturated heterocycles. The fraction of sp³-hybridized carbons (Fsp3) is 0.846. The minimum Gasteiger partial charge on any atom is -0.293 e. The van der Waals surface area contributed by atoms with Gasteiger partial charge < -0.3 is 0 Å². The lowest BCUT2D eigenvalue weighted by atomic mass is 9.75. The van der Waals surface area contributed by atoms with Crippen LogP contribution in [-0.4, -0.2) is 23.5 Å². The van der Waals surface area contributed by atoms with Crippen molar-refractivity contribution in [1.29, 1.82) is 0 Å². The molecular formula is C13H21F2N. The maximum absolute atomic E-state index is 13.1. The molecule has 0 aromatic rings. The lowest BCUT2D eigenvalue weighted by molar-refractivity contribution is 0.150. The monoisotopic (exact) mass is 229 g/mol. The zero-order chi connectivity index (χ0) is 12.0. The molecular weight excluding hydrogens is 208 g/mol. The van der Waals surface area contributed by atoms with Crippen LogP contribution in [-0.2, 0) is 0 Å². The second-order valence-electron chi connectivity index (χ2n) is 6.35. The Morgan fingerprint density at radius 2 is 2.00 bits per heavy atom. The van der Waals surface area contributed by atoms with Crippen molar-refractivity contribution >= 4 is 0 Å². The van der Waals surface area contributed by atoms with Gasteiger partial charge in [-0.05, 0) is 37.6 Å². The predicted molar refractivity (Wildman–Crippen MR) is 61.5 cm³/mol. The second kappa shape index (κ2) is 3.80. The van der Waals surface area contributed by atoms with E-state index in [0.717, 1.165) is 32.4 Å². The first kappa shape index (κ1) is 12.0. The van der Waals surface area contributed by atoms with Crippen LogP contribution in [0, 0.1) is 5.41 Å². The van der Waals surface area contributed by atoms with Crippen molar-refractivity contribution < 1.29 is 8.78 Å². The van der Waals surface area contributed by atoms with Gasteiger partial charge >= 0.3 is 0 Å². The van der Waals surface area contributed by atoms with Gasteiger partial charge in [0.25, 0.3) is 6.08 Å². The minimum atomic E-state index is -1.42. The predicted octanol–water partition coefficient (Wildman–Crippen LogP) is 3.81. The normalized spacial score (nSPS) is 30.9. The number of hydrogen-bond acceptors (Lipinski definition) is 1.